The summed E-state index contributed by atoms with van der Waals surface area (Å²) in [5, 5.41) is 3.13. The summed E-state index contributed by atoms with van der Waals surface area (Å²) in [6.45, 7) is 3.67. The maximum absolute atomic E-state index is 10.8. The fourth-order valence-corrected chi connectivity index (χ4v) is 1.43. The van der Waals surface area contributed by atoms with Crippen LogP contribution in [0.15, 0.2) is 12.4 Å². The lowest BCUT2D eigenvalue weighted by Crippen LogP contribution is -2.13. The van der Waals surface area contributed by atoms with Gasteiger partial charge in [-0.15, -0.1) is 0 Å². The summed E-state index contributed by atoms with van der Waals surface area (Å²) in [5.74, 6) is 1.52. The van der Waals surface area contributed by atoms with E-state index in [0.717, 1.165) is 12.5 Å². The number of nitrogens with zero attached hydrogens (tertiary/aromatic N) is 2. The third-order valence-corrected chi connectivity index (χ3v) is 2.51. The summed E-state index contributed by atoms with van der Waals surface area (Å²) in [6, 6.07) is 0. The average Bonchev–Trinajstić information content (AvgIpc) is 2.51. The van der Waals surface area contributed by atoms with Crippen molar-refractivity contribution in [2.75, 3.05) is 23.9 Å². The second kappa shape index (κ2) is 5.01. The second-order valence-corrected chi connectivity index (χ2v) is 4.30. The Bertz CT molecular complexity index is 285. The molecule has 1 atom stereocenters. The highest BCUT2D eigenvalue weighted by molar-refractivity contribution is 7.84. The summed E-state index contributed by atoms with van der Waals surface area (Å²) in [6.07, 6.45) is 5.38. The predicted octanol–water partition coefficient (Wildman–Crippen LogP) is 0.693. The van der Waals surface area contributed by atoms with Crippen molar-refractivity contribution in [2.45, 2.75) is 13.5 Å². The van der Waals surface area contributed by atoms with E-state index in [2.05, 4.69) is 17.2 Å². The minimum absolute atomic E-state index is 0.663. The van der Waals surface area contributed by atoms with Gasteiger partial charge in [0.25, 0.3) is 0 Å². The number of rotatable bonds is 5. The molecule has 1 aromatic heterocycles. The Balaban J connectivity index is 2.40. The first-order chi connectivity index (χ1) is 6.24. The van der Waals surface area contributed by atoms with Gasteiger partial charge in [0.2, 0.25) is 5.95 Å². The molecule has 0 bridgehead atoms. The topological polar surface area (TPSA) is 46.9 Å². The molecule has 0 aliphatic rings. The van der Waals surface area contributed by atoms with E-state index >= 15 is 0 Å². The Morgan fingerprint density at radius 3 is 3.08 bits per heavy atom. The van der Waals surface area contributed by atoms with Gasteiger partial charge in [-0.05, 0) is 6.92 Å². The maximum atomic E-state index is 10.8. The fraction of sp³-hybridized carbons (Fsp3) is 0.625. The first-order valence-electron chi connectivity index (χ1n) is 4.29. The van der Waals surface area contributed by atoms with Gasteiger partial charge < -0.3 is 9.88 Å². The van der Waals surface area contributed by atoms with Gasteiger partial charge in [-0.3, -0.25) is 4.21 Å². The number of hydrogen-bond donors (Lipinski definition) is 1. The number of aryl methyl sites for hydroxylation is 1. The molecule has 0 spiro atoms. The number of imidazole rings is 1. The third kappa shape index (κ3) is 3.18. The highest BCUT2D eigenvalue weighted by Crippen LogP contribution is 2.02. The predicted molar refractivity (Wildman–Crippen MR) is 55.3 cm³/mol. The molecule has 0 aliphatic heterocycles. The van der Waals surface area contributed by atoms with E-state index in [1.807, 2.05) is 10.8 Å². The van der Waals surface area contributed by atoms with E-state index in [1.165, 1.54) is 0 Å². The summed E-state index contributed by atoms with van der Waals surface area (Å²) >= 11 is 0. The number of aromatic nitrogens is 2. The Morgan fingerprint density at radius 1 is 1.69 bits per heavy atom. The van der Waals surface area contributed by atoms with Crippen LogP contribution >= 0.6 is 0 Å². The minimum atomic E-state index is -0.735. The Morgan fingerprint density at radius 2 is 2.46 bits per heavy atom. The molecule has 0 amide bonds. The number of nitrogens with one attached hydrogen (secondary N) is 1. The lowest BCUT2D eigenvalue weighted by atomic mass is 10.7. The first kappa shape index (κ1) is 10.2. The van der Waals surface area contributed by atoms with E-state index in [1.54, 1.807) is 12.5 Å². The highest BCUT2D eigenvalue weighted by Gasteiger charge is 1.99. The van der Waals surface area contributed by atoms with Gasteiger partial charge in [-0.25, -0.2) is 4.98 Å². The normalized spacial score (nSPS) is 12.8. The van der Waals surface area contributed by atoms with Crippen molar-refractivity contribution in [2.24, 2.45) is 0 Å². The largest absolute Gasteiger partial charge is 0.355 e. The Labute approximate surface area is 80.8 Å². The summed E-state index contributed by atoms with van der Waals surface area (Å²) in [7, 11) is -0.735. The van der Waals surface area contributed by atoms with Gasteiger partial charge in [0.15, 0.2) is 0 Å². The van der Waals surface area contributed by atoms with Crippen molar-refractivity contribution in [3.8, 4) is 0 Å². The van der Waals surface area contributed by atoms with Gasteiger partial charge in [0.05, 0.1) is 0 Å². The highest BCUT2D eigenvalue weighted by atomic mass is 32.2. The zero-order valence-electron chi connectivity index (χ0n) is 7.99. The first-order valence-corrected chi connectivity index (χ1v) is 6.01. The molecule has 1 aromatic rings. The molecule has 0 radical (unpaired) electrons. The van der Waals surface area contributed by atoms with Crippen LogP contribution in [0.3, 0.4) is 0 Å². The van der Waals surface area contributed by atoms with Crippen molar-refractivity contribution in [3.05, 3.63) is 12.4 Å². The van der Waals surface area contributed by atoms with Crippen molar-refractivity contribution >= 4 is 16.7 Å². The molecule has 1 unspecified atom stereocenters. The van der Waals surface area contributed by atoms with Gasteiger partial charge >= 0.3 is 0 Å². The molecule has 1 N–H and O–H groups in total. The fourth-order valence-electron chi connectivity index (χ4n) is 1.04. The van der Waals surface area contributed by atoms with E-state index in [9.17, 15) is 4.21 Å². The van der Waals surface area contributed by atoms with E-state index in [-0.39, 0.29) is 0 Å². The molecule has 0 aromatic carbocycles. The van der Waals surface area contributed by atoms with Crippen LogP contribution in [0, 0.1) is 0 Å². The molecule has 0 fully saturated rings. The second-order valence-electron chi connectivity index (χ2n) is 2.74. The van der Waals surface area contributed by atoms with Crippen molar-refractivity contribution < 1.29 is 4.21 Å². The quantitative estimate of drug-likeness (QED) is 0.762. The van der Waals surface area contributed by atoms with Crippen LogP contribution in [0.4, 0.5) is 5.95 Å². The van der Waals surface area contributed by atoms with Gasteiger partial charge in [-0.1, -0.05) is 0 Å². The van der Waals surface area contributed by atoms with E-state index < -0.39 is 10.8 Å². The standard InChI is InChI=1S/C8H15N3OS/c1-3-11-6-4-9-8(11)10-5-7-13(2)12/h4,6H,3,5,7H2,1-2H3,(H,9,10). The number of hydrogen-bond acceptors (Lipinski definition) is 3. The van der Waals surface area contributed by atoms with Crippen LogP contribution in [0.25, 0.3) is 0 Å². The van der Waals surface area contributed by atoms with Gasteiger partial charge in [-0.2, -0.15) is 0 Å². The van der Waals surface area contributed by atoms with Gasteiger partial charge in [0, 0.05) is 48.3 Å². The van der Waals surface area contributed by atoms with Gasteiger partial charge in [0.1, 0.15) is 0 Å². The monoisotopic (exact) mass is 201 g/mol. The molecule has 1 heterocycles. The molecule has 1 rings (SSSR count). The summed E-state index contributed by atoms with van der Waals surface area (Å²) < 4.78 is 12.8. The summed E-state index contributed by atoms with van der Waals surface area (Å²) in [5.41, 5.74) is 0. The van der Waals surface area contributed by atoms with Crippen LogP contribution < -0.4 is 5.32 Å². The molecular formula is C8H15N3OS. The minimum Gasteiger partial charge on any atom is -0.355 e. The third-order valence-electron chi connectivity index (χ3n) is 1.73. The lowest BCUT2D eigenvalue weighted by molar-refractivity contribution is 0.686. The van der Waals surface area contributed by atoms with E-state index in [0.29, 0.717) is 12.3 Å². The molecule has 13 heavy (non-hydrogen) atoms. The van der Waals surface area contributed by atoms with Crippen LogP contribution in [0.5, 0.6) is 0 Å². The van der Waals surface area contributed by atoms with Crippen molar-refractivity contribution in [1.82, 2.24) is 9.55 Å². The maximum Gasteiger partial charge on any atom is 0.202 e. The van der Waals surface area contributed by atoms with Crippen LogP contribution in [-0.4, -0.2) is 32.3 Å². The van der Waals surface area contributed by atoms with Crippen LogP contribution in [0.1, 0.15) is 6.92 Å². The zero-order chi connectivity index (χ0) is 9.68. The van der Waals surface area contributed by atoms with Crippen LogP contribution in [-0.2, 0) is 17.3 Å². The average molecular weight is 201 g/mol. The molecule has 4 nitrogen and oxygen atoms in total. The number of anilines is 1. The molecule has 0 saturated carbocycles. The molecule has 0 saturated heterocycles. The Kier molecular flexibility index (Phi) is 3.95. The summed E-state index contributed by atoms with van der Waals surface area (Å²) in [4.78, 5) is 4.14. The van der Waals surface area contributed by atoms with E-state index in [4.69, 9.17) is 0 Å². The molecule has 74 valence electrons. The van der Waals surface area contributed by atoms with Crippen molar-refractivity contribution in [1.29, 1.82) is 0 Å². The smallest absolute Gasteiger partial charge is 0.202 e. The van der Waals surface area contributed by atoms with Crippen molar-refractivity contribution in [3.63, 3.8) is 0 Å². The van der Waals surface area contributed by atoms with Crippen LogP contribution in [0.2, 0.25) is 0 Å². The zero-order valence-corrected chi connectivity index (χ0v) is 8.80. The SMILES string of the molecule is CCn1ccnc1NCCS(C)=O. The molecular weight excluding hydrogens is 186 g/mol. The Hall–Kier alpha value is -0.840. The molecule has 5 heteroatoms. The lowest BCUT2D eigenvalue weighted by Gasteiger charge is -2.06. The molecule has 0 aliphatic carbocycles.